The molecular formula is C23H25FN4O3. The maximum atomic E-state index is 15.1. The Morgan fingerprint density at radius 3 is 2.52 bits per heavy atom. The van der Waals surface area contributed by atoms with E-state index in [2.05, 4.69) is 22.0 Å². The summed E-state index contributed by atoms with van der Waals surface area (Å²) in [5.74, 6) is -0.920. The average molecular weight is 424 g/mol. The van der Waals surface area contributed by atoms with Gasteiger partial charge in [0.2, 0.25) is 5.43 Å². The van der Waals surface area contributed by atoms with Gasteiger partial charge in [-0.2, -0.15) is 0 Å². The van der Waals surface area contributed by atoms with E-state index in [1.54, 1.807) is 0 Å². The molecule has 3 saturated carbocycles. The fourth-order valence-corrected chi connectivity index (χ4v) is 5.86. The number of aromatic carboxylic acids is 1. The summed E-state index contributed by atoms with van der Waals surface area (Å²) in [5.41, 5.74) is -0.743. The lowest BCUT2D eigenvalue weighted by Crippen LogP contribution is -2.59. The summed E-state index contributed by atoms with van der Waals surface area (Å²) in [4.78, 5) is 33.4. The minimum atomic E-state index is -1.28. The average Bonchev–Trinajstić information content (AvgIpc) is 3.22. The van der Waals surface area contributed by atoms with E-state index in [0.29, 0.717) is 30.7 Å². The summed E-state index contributed by atoms with van der Waals surface area (Å²) >= 11 is 0. The number of piperazine rings is 1. The van der Waals surface area contributed by atoms with Crippen LogP contribution in [-0.4, -0.2) is 57.7 Å². The van der Waals surface area contributed by atoms with E-state index in [0.717, 1.165) is 45.2 Å². The molecule has 2 aromatic heterocycles. The molecule has 0 aromatic carbocycles. The lowest BCUT2D eigenvalue weighted by Gasteiger charge is -2.62. The number of hydrogen-bond donors (Lipinski definition) is 1. The molecule has 2 bridgehead atoms. The number of rotatable bonds is 4. The van der Waals surface area contributed by atoms with E-state index >= 15 is 4.39 Å². The van der Waals surface area contributed by atoms with Crippen molar-refractivity contribution in [2.45, 2.75) is 43.7 Å². The highest BCUT2D eigenvalue weighted by Gasteiger charge is 2.58. The van der Waals surface area contributed by atoms with Gasteiger partial charge in [0.25, 0.3) is 0 Å². The minimum Gasteiger partial charge on any atom is -0.477 e. The predicted octanol–water partition coefficient (Wildman–Crippen LogP) is 2.58. The summed E-state index contributed by atoms with van der Waals surface area (Å²) in [6.45, 7) is 3.02. The summed E-state index contributed by atoms with van der Waals surface area (Å²) in [6, 6.07) is 1.67. The number of allylic oxidation sites excluding steroid dienone is 1. The van der Waals surface area contributed by atoms with Crippen molar-refractivity contribution in [3.05, 3.63) is 46.0 Å². The quantitative estimate of drug-likeness (QED) is 0.761. The molecular weight excluding hydrogens is 399 g/mol. The molecule has 4 aliphatic carbocycles. The number of hydrogen-bond acceptors (Lipinski definition) is 5. The first-order valence-electron chi connectivity index (χ1n) is 11.1. The molecule has 3 heterocycles. The van der Waals surface area contributed by atoms with Crippen molar-refractivity contribution in [2.75, 3.05) is 31.1 Å². The van der Waals surface area contributed by atoms with E-state index in [4.69, 9.17) is 0 Å². The maximum Gasteiger partial charge on any atom is 0.341 e. The lowest BCUT2D eigenvalue weighted by atomic mass is 9.49. The number of carboxylic acid groups (broad SMARTS) is 1. The SMILES string of the molecule is O=C(O)c1cn(C23CC(C2)C3)c2nc(N3CCN(C4C=CCC4)CC3)c(F)cc2c1=O. The Hall–Kier alpha value is -2.74. The number of nitrogens with zero attached hydrogens (tertiary/aromatic N) is 4. The van der Waals surface area contributed by atoms with Crippen molar-refractivity contribution < 1.29 is 14.3 Å². The Bertz CT molecular complexity index is 1160. The normalized spacial score (nSPS) is 29.8. The molecule has 1 saturated heterocycles. The second kappa shape index (κ2) is 6.63. The summed E-state index contributed by atoms with van der Waals surface area (Å²) in [6.07, 6.45) is 11.1. The van der Waals surface area contributed by atoms with E-state index in [9.17, 15) is 14.7 Å². The Labute approximate surface area is 178 Å². The number of carboxylic acids is 1. The van der Waals surface area contributed by atoms with Crippen LogP contribution in [0.4, 0.5) is 10.2 Å². The summed E-state index contributed by atoms with van der Waals surface area (Å²) in [7, 11) is 0. The predicted molar refractivity (Wildman–Crippen MR) is 114 cm³/mol. The van der Waals surface area contributed by atoms with Gasteiger partial charge in [-0.05, 0) is 44.1 Å². The maximum absolute atomic E-state index is 15.1. The molecule has 7 rings (SSSR count). The number of aromatic nitrogens is 2. The molecule has 0 amide bonds. The Kier molecular flexibility index (Phi) is 4.06. The highest BCUT2D eigenvalue weighted by molar-refractivity contribution is 5.92. The number of pyridine rings is 2. The molecule has 1 unspecified atom stereocenters. The van der Waals surface area contributed by atoms with Gasteiger partial charge >= 0.3 is 5.97 Å². The summed E-state index contributed by atoms with van der Waals surface area (Å²) < 4.78 is 17.0. The third-order valence-corrected chi connectivity index (χ3v) is 7.73. The van der Waals surface area contributed by atoms with Crippen molar-refractivity contribution in [1.82, 2.24) is 14.5 Å². The molecule has 0 spiro atoms. The van der Waals surface area contributed by atoms with E-state index < -0.39 is 17.2 Å². The van der Waals surface area contributed by atoms with Crippen LogP contribution < -0.4 is 10.3 Å². The number of carbonyl (C=O) groups is 1. The number of halogens is 1. The van der Waals surface area contributed by atoms with Crippen LogP contribution in [0.3, 0.4) is 0 Å². The second-order valence-corrected chi connectivity index (χ2v) is 9.51. The molecule has 1 atom stereocenters. The molecule has 0 radical (unpaired) electrons. The van der Waals surface area contributed by atoms with Crippen LogP contribution >= 0.6 is 0 Å². The van der Waals surface area contributed by atoms with Crippen molar-refractivity contribution in [2.24, 2.45) is 5.92 Å². The van der Waals surface area contributed by atoms with Gasteiger partial charge in [0.1, 0.15) is 11.2 Å². The Morgan fingerprint density at radius 1 is 1.19 bits per heavy atom. The molecule has 1 N–H and O–H groups in total. The van der Waals surface area contributed by atoms with Gasteiger partial charge in [0, 0.05) is 44.0 Å². The standard InChI is InChI=1S/C23H25FN4O3/c24-18-9-16-19(29)17(22(30)31)13-28(23-10-14(11-23)12-23)20(16)25-21(18)27-7-5-26(6-8-27)15-3-1-2-4-15/h1,3,9,13-15H,2,4-8,10-12H2,(H,30,31). The summed E-state index contributed by atoms with van der Waals surface area (Å²) in [5, 5.41) is 9.57. The van der Waals surface area contributed by atoms with Gasteiger partial charge in [-0.1, -0.05) is 12.2 Å². The fourth-order valence-electron chi connectivity index (χ4n) is 5.86. The van der Waals surface area contributed by atoms with Crippen LogP contribution in [-0.2, 0) is 5.54 Å². The van der Waals surface area contributed by atoms with Gasteiger partial charge in [0.15, 0.2) is 11.6 Å². The molecule has 7 nitrogen and oxygen atoms in total. The van der Waals surface area contributed by atoms with E-state index in [1.807, 2.05) is 9.47 Å². The monoisotopic (exact) mass is 424 g/mol. The van der Waals surface area contributed by atoms with Crippen molar-refractivity contribution >= 4 is 22.8 Å². The second-order valence-electron chi connectivity index (χ2n) is 9.51. The first kappa shape index (κ1) is 19.0. The smallest absolute Gasteiger partial charge is 0.341 e. The zero-order valence-electron chi connectivity index (χ0n) is 17.3. The minimum absolute atomic E-state index is 0.0561. The highest BCUT2D eigenvalue weighted by Crippen LogP contribution is 2.62. The fraction of sp³-hybridized carbons (Fsp3) is 0.522. The zero-order valence-corrected chi connectivity index (χ0v) is 17.3. The van der Waals surface area contributed by atoms with Crippen molar-refractivity contribution in [3.8, 4) is 0 Å². The van der Waals surface area contributed by atoms with Gasteiger partial charge in [0.05, 0.1) is 5.39 Å². The van der Waals surface area contributed by atoms with Gasteiger partial charge in [-0.3, -0.25) is 9.69 Å². The number of fused-ring (bicyclic) bond motifs is 1. The first-order chi connectivity index (χ1) is 14.9. The van der Waals surface area contributed by atoms with E-state index in [-0.39, 0.29) is 22.3 Å². The third-order valence-electron chi connectivity index (χ3n) is 7.73. The van der Waals surface area contributed by atoms with Crippen LogP contribution in [0.5, 0.6) is 0 Å². The molecule has 5 aliphatic rings. The van der Waals surface area contributed by atoms with Crippen molar-refractivity contribution in [3.63, 3.8) is 0 Å². The van der Waals surface area contributed by atoms with Crippen molar-refractivity contribution in [1.29, 1.82) is 0 Å². The molecule has 2 aromatic rings. The zero-order chi connectivity index (χ0) is 21.3. The third kappa shape index (κ3) is 2.77. The Balaban J connectivity index is 1.39. The Morgan fingerprint density at radius 2 is 1.94 bits per heavy atom. The molecule has 1 aliphatic heterocycles. The number of anilines is 1. The van der Waals surface area contributed by atoms with Crippen LogP contribution in [0.15, 0.2) is 29.2 Å². The van der Waals surface area contributed by atoms with Crippen LogP contribution in [0, 0.1) is 11.7 Å². The largest absolute Gasteiger partial charge is 0.477 e. The van der Waals surface area contributed by atoms with Crippen LogP contribution in [0.2, 0.25) is 0 Å². The highest BCUT2D eigenvalue weighted by atomic mass is 19.1. The van der Waals surface area contributed by atoms with Gasteiger partial charge < -0.3 is 14.6 Å². The van der Waals surface area contributed by atoms with Crippen LogP contribution in [0.25, 0.3) is 11.0 Å². The van der Waals surface area contributed by atoms with Gasteiger partial charge in [-0.25, -0.2) is 14.2 Å². The topological polar surface area (TPSA) is 78.7 Å². The lowest BCUT2D eigenvalue weighted by molar-refractivity contribution is -0.0864. The first-order valence-corrected chi connectivity index (χ1v) is 11.1. The molecule has 162 valence electrons. The molecule has 31 heavy (non-hydrogen) atoms. The molecule has 4 fully saturated rings. The molecule has 8 heteroatoms. The van der Waals surface area contributed by atoms with E-state index in [1.165, 1.54) is 12.3 Å². The van der Waals surface area contributed by atoms with Crippen LogP contribution in [0.1, 0.15) is 42.5 Å². The van der Waals surface area contributed by atoms with Gasteiger partial charge in [-0.15, -0.1) is 0 Å².